The van der Waals surface area contributed by atoms with Crippen LogP contribution >= 0.6 is 0 Å². The van der Waals surface area contributed by atoms with Crippen molar-refractivity contribution in [1.82, 2.24) is 15.4 Å². The van der Waals surface area contributed by atoms with E-state index in [1.54, 1.807) is 0 Å². The molecule has 0 aliphatic heterocycles. The average Bonchev–Trinajstić information content (AvgIpc) is 3.07. The lowest BCUT2D eigenvalue weighted by molar-refractivity contribution is -0.121. The van der Waals surface area contributed by atoms with Gasteiger partial charge in [0.05, 0.1) is 6.42 Å². The fourth-order valence-electron chi connectivity index (χ4n) is 3.05. The summed E-state index contributed by atoms with van der Waals surface area (Å²) in [6, 6.07) is 8.48. The molecule has 21 heavy (non-hydrogen) atoms. The molecule has 2 aromatic rings. The zero-order valence-electron chi connectivity index (χ0n) is 12.5. The van der Waals surface area contributed by atoms with Crippen LogP contribution in [0.5, 0.6) is 0 Å². The number of para-hydroxylation sites is 1. The van der Waals surface area contributed by atoms with Crippen LogP contribution in [0.1, 0.15) is 25.0 Å². The zero-order chi connectivity index (χ0) is 14.8. The van der Waals surface area contributed by atoms with E-state index in [1.165, 1.54) is 0 Å². The highest BCUT2D eigenvalue weighted by Gasteiger charge is 2.27. The highest BCUT2D eigenvalue weighted by atomic mass is 16.5. The van der Waals surface area contributed by atoms with Crippen LogP contribution in [0.3, 0.4) is 0 Å². The number of rotatable bonds is 4. The first-order chi connectivity index (χ1) is 10.1. The van der Waals surface area contributed by atoms with E-state index in [4.69, 9.17) is 4.52 Å². The summed E-state index contributed by atoms with van der Waals surface area (Å²) in [5.74, 6) is 0.0264. The maximum Gasteiger partial charge on any atom is 0.226 e. The summed E-state index contributed by atoms with van der Waals surface area (Å²) in [5, 5.41) is 8.05. The van der Waals surface area contributed by atoms with Gasteiger partial charge in [-0.15, -0.1) is 0 Å². The Hall–Kier alpha value is -1.88. The molecule has 1 aromatic heterocycles. The molecule has 1 fully saturated rings. The van der Waals surface area contributed by atoms with E-state index in [0.29, 0.717) is 11.7 Å². The van der Waals surface area contributed by atoms with Gasteiger partial charge in [-0.1, -0.05) is 17.3 Å². The van der Waals surface area contributed by atoms with Crippen molar-refractivity contribution in [3.05, 3.63) is 30.0 Å². The van der Waals surface area contributed by atoms with Gasteiger partial charge in [0, 0.05) is 17.5 Å². The van der Waals surface area contributed by atoms with Crippen molar-refractivity contribution in [2.45, 2.75) is 37.8 Å². The quantitative estimate of drug-likeness (QED) is 0.934. The number of nitrogens with zero attached hydrogens (tertiary/aromatic N) is 2. The first-order valence-corrected chi connectivity index (χ1v) is 7.42. The number of fused-ring (bicyclic) bond motifs is 1. The predicted molar refractivity (Wildman–Crippen MR) is 81.0 cm³/mol. The van der Waals surface area contributed by atoms with Crippen molar-refractivity contribution >= 4 is 16.9 Å². The fourth-order valence-corrected chi connectivity index (χ4v) is 3.05. The topological polar surface area (TPSA) is 58.4 Å². The number of hydrogen-bond acceptors (Lipinski definition) is 4. The van der Waals surface area contributed by atoms with Crippen LogP contribution in [0.15, 0.2) is 28.8 Å². The molecule has 5 heteroatoms. The highest BCUT2D eigenvalue weighted by molar-refractivity contribution is 5.86. The van der Waals surface area contributed by atoms with Gasteiger partial charge in [-0.2, -0.15) is 0 Å². The van der Waals surface area contributed by atoms with Crippen LogP contribution in [0, 0.1) is 0 Å². The Labute approximate surface area is 124 Å². The van der Waals surface area contributed by atoms with E-state index in [0.717, 1.165) is 30.2 Å². The van der Waals surface area contributed by atoms with E-state index in [-0.39, 0.29) is 18.4 Å². The lowest BCUT2D eigenvalue weighted by atomic mass is 10.1. The van der Waals surface area contributed by atoms with Crippen LogP contribution in [-0.2, 0) is 11.2 Å². The monoisotopic (exact) mass is 287 g/mol. The van der Waals surface area contributed by atoms with Crippen LogP contribution in [-0.4, -0.2) is 42.1 Å². The second-order valence-electron chi connectivity index (χ2n) is 6.00. The fraction of sp³-hybridized carbons (Fsp3) is 0.500. The third-order valence-corrected chi connectivity index (χ3v) is 4.28. The third-order valence-electron chi connectivity index (χ3n) is 4.28. The molecule has 1 aromatic carbocycles. The first-order valence-electron chi connectivity index (χ1n) is 7.42. The van der Waals surface area contributed by atoms with Gasteiger partial charge in [0.1, 0.15) is 5.69 Å². The minimum atomic E-state index is 0.0264. The molecule has 1 heterocycles. The van der Waals surface area contributed by atoms with Gasteiger partial charge in [0.15, 0.2) is 5.58 Å². The maximum atomic E-state index is 12.2. The van der Waals surface area contributed by atoms with E-state index in [2.05, 4.69) is 29.5 Å². The normalized spacial score (nSPS) is 22.0. The molecule has 1 amide bonds. The van der Waals surface area contributed by atoms with Crippen molar-refractivity contribution in [3.63, 3.8) is 0 Å². The summed E-state index contributed by atoms with van der Waals surface area (Å²) < 4.78 is 5.23. The van der Waals surface area contributed by atoms with Gasteiger partial charge in [-0.25, -0.2) is 0 Å². The molecular formula is C16H21N3O2. The Kier molecular flexibility index (Phi) is 3.92. The number of carbonyl (C=O) groups excluding carboxylic acids is 1. The van der Waals surface area contributed by atoms with Gasteiger partial charge in [-0.05, 0) is 45.5 Å². The Balaban J connectivity index is 1.60. The molecule has 0 saturated heterocycles. The SMILES string of the molecule is CN(C)[C@H]1CC[C@H](NC(=O)Cc2noc3ccccc23)C1. The molecule has 0 radical (unpaired) electrons. The largest absolute Gasteiger partial charge is 0.356 e. The summed E-state index contributed by atoms with van der Waals surface area (Å²) in [6.45, 7) is 0. The highest BCUT2D eigenvalue weighted by Crippen LogP contribution is 2.23. The minimum absolute atomic E-state index is 0.0264. The van der Waals surface area contributed by atoms with Crippen molar-refractivity contribution in [3.8, 4) is 0 Å². The lowest BCUT2D eigenvalue weighted by Crippen LogP contribution is -2.35. The van der Waals surface area contributed by atoms with Crippen LogP contribution in [0.25, 0.3) is 11.0 Å². The maximum absolute atomic E-state index is 12.2. The molecule has 1 aliphatic rings. The third kappa shape index (κ3) is 3.08. The average molecular weight is 287 g/mol. The minimum Gasteiger partial charge on any atom is -0.356 e. The number of amides is 1. The second-order valence-corrected chi connectivity index (χ2v) is 6.00. The van der Waals surface area contributed by atoms with Gasteiger partial charge in [0.25, 0.3) is 0 Å². The summed E-state index contributed by atoms with van der Waals surface area (Å²) in [4.78, 5) is 14.4. The van der Waals surface area contributed by atoms with Crippen molar-refractivity contribution in [1.29, 1.82) is 0 Å². The molecule has 1 saturated carbocycles. The number of benzene rings is 1. The van der Waals surface area contributed by atoms with Crippen molar-refractivity contribution in [2.75, 3.05) is 14.1 Å². The Morgan fingerprint density at radius 2 is 2.19 bits per heavy atom. The van der Waals surface area contributed by atoms with Gasteiger partial charge >= 0.3 is 0 Å². The number of nitrogens with one attached hydrogen (secondary N) is 1. The van der Waals surface area contributed by atoms with Gasteiger partial charge in [-0.3, -0.25) is 4.79 Å². The summed E-state index contributed by atoms with van der Waals surface area (Å²) in [7, 11) is 4.19. The molecular weight excluding hydrogens is 266 g/mol. The first kappa shape index (κ1) is 14.1. The van der Waals surface area contributed by atoms with Crippen molar-refractivity contribution in [2.24, 2.45) is 0 Å². The number of hydrogen-bond donors (Lipinski definition) is 1. The number of carbonyl (C=O) groups is 1. The van der Waals surface area contributed by atoms with Crippen molar-refractivity contribution < 1.29 is 9.32 Å². The zero-order valence-corrected chi connectivity index (χ0v) is 12.5. The molecule has 5 nitrogen and oxygen atoms in total. The van der Waals surface area contributed by atoms with Crippen LogP contribution in [0.2, 0.25) is 0 Å². The van der Waals surface area contributed by atoms with Crippen LogP contribution < -0.4 is 5.32 Å². The Morgan fingerprint density at radius 3 is 2.95 bits per heavy atom. The molecule has 2 atom stereocenters. The standard InChI is InChI=1S/C16H21N3O2/c1-19(2)12-8-7-11(9-12)17-16(20)10-14-13-5-3-4-6-15(13)21-18-14/h3-6,11-12H,7-10H2,1-2H3,(H,17,20)/t11-,12-/m0/s1. The molecule has 0 bridgehead atoms. The molecule has 112 valence electrons. The Bertz CT molecular complexity index is 635. The summed E-state index contributed by atoms with van der Waals surface area (Å²) in [5.41, 5.74) is 1.44. The van der Waals surface area contributed by atoms with E-state index >= 15 is 0 Å². The van der Waals surface area contributed by atoms with Gasteiger partial charge in [0.2, 0.25) is 5.91 Å². The molecule has 1 N–H and O–H groups in total. The lowest BCUT2D eigenvalue weighted by Gasteiger charge is -2.19. The summed E-state index contributed by atoms with van der Waals surface area (Å²) >= 11 is 0. The molecule has 0 spiro atoms. The van der Waals surface area contributed by atoms with E-state index in [1.807, 2.05) is 24.3 Å². The van der Waals surface area contributed by atoms with E-state index in [9.17, 15) is 4.79 Å². The smallest absolute Gasteiger partial charge is 0.226 e. The second kappa shape index (κ2) is 5.85. The molecule has 3 rings (SSSR count). The van der Waals surface area contributed by atoms with E-state index < -0.39 is 0 Å². The summed E-state index contributed by atoms with van der Waals surface area (Å²) in [6.07, 6.45) is 3.50. The molecule has 0 unspecified atom stereocenters. The molecule has 1 aliphatic carbocycles. The number of aromatic nitrogens is 1. The van der Waals surface area contributed by atoms with Crippen LogP contribution in [0.4, 0.5) is 0 Å². The van der Waals surface area contributed by atoms with Gasteiger partial charge < -0.3 is 14.7 Å². The Morgan fingerprint density at radius 1 is 1.38 bits per heavy atom. The predicted octanol–water partition coefficient (Wildman–Crippen LogP) is 1.97.